The molecule has 3 aromatic rings. The van der Waals surface area contributed by atoms with Crippen LogP contribution in [-0.2, 0) is 27.3 Å². The monoisotopic (exact) mass is 325 g/mol. The molecule has 0 spiro atoms. The molecule has 0 saturated heterocycles. The number of aromatic nitrogens is 1. The van der Waals surface area contributed by atoms with Crippen LogP contribution in [0.3, 0.4) is 0 Å². The number of para-hydroxylation sites is 1. The second-order valence-corrected chi connectivity index (χ2v) is 5.15. The quantitative estimate of drug-likeness (QED) is 0.671. The van der Waals surface area contributed by atoms with Gasteiger partial charge in [-0.1, -0.05) is 29.4 Å². The zero-order chi connectivity index (χ0) is 16.9. The van der Waals surface area contributed by atoms with E-state index in [9.17, 15) is 9.59 Å². The van der Waals surface area contributed by atoms with Crippen LogP contribution in [0.1, 0.15) is 21.6 Å². The summed E-state index contributed by atoms with van der Waals surface area (Å²) in [4.78, 5) is 23.3. The number of methoxy groups -OCH3 is 1. The molecule has 1 heterocycles. The minimum atomic E-state index is -0.406. The van der Waals surface area contributed by atoms with Gasteiger partial charge in [0.25, 0.3) is 0 Å². The summed E-state index contributed by atoms with van der Waals surface area (Å²) in [5.41, 5.74) is 2.41. The number of hydrogen-bond acceptors (Lipinski definition) is 6. The number of rotatable bonds is 5. The molecule has 0 fully saturated rings. The third-order valence-corrected chi connectivity index (χ3v) is 3.54. The number of ether oxygens (including phenoxy) is 2. The molecule has 0 N–H and O–H groups in total. The number of carbonyl (C=O) groups excluding carboxylic acids is 2. The van der Waals surface area contributed by atoms with Crippen LogP contribution in [0.5, 0.6) is 0 Å². The van der Waals surface area contributed by atoms with Gasteiger partial charge in [0.2, 0.25) is 0 Å². The summed E-state index contributed by atoms with van der Waals surface area (Å²) in [5, 5.41) is 4.71. The van der Waals surface area contributed by atoms with Gasteiger partial charge < -0.3 is 14.0 Å². The fourth-order valence-electron chi connectivity index (χ4n) is 2.27. The topological polar surface area (TPSA) is 78.6 Å². The molecule has 0 bridgehead atoms. The van der Waals surface area contributed by atoms with Crippen molar-refractivity contribution in [2.75, 3.05) is 7.11 Å². The normalized spacial score (nSPS) is 10.5. The number of esters is 2. The van der Waals surface area contributed by atoms with Crippen molar-refractivity contribution in [3.63, 3.8) is 0 Å². The van der Waals surface area contributed by atoms with Crippen LogP contribution in [-0.4, -0.2) is 24.2 Å². The summed E-state index contributed by atoms with van der Waals surface area (Å²) < 4.78 is 15.0. The minimum Gasteiger partial charge on any atom is -0.465 e. The van der Waals surface area contributed by atoms with E-state index >= 15 is 0 Å². The Labute approximate surface area is 138 Å². The van der Waals surface area contributed by atoms with Crippen LogP contribution in [0.15, 0.2) is 53.1 Å². The second kappa shape index (κ2) is 6.95. The predicted octanol–water partition coefficient (Wildman–Crippen LogP) is 2.90. The van der Waals surface area contributed by atoms with E-state index < -0.39 is 11.9 Å². The van der Waals surface area contributed by atoms with Gasteiger partial charge in [-0.25, -0.2) is 4.79 Å². The first-order chi connectivity index (χ1) is 11.7. The van der Waals surface area contributed by atoms with Crippen molar-refractivity contribution in [1.29, 1.82) is 0 Å². The first kappa shape index (κ1) is 15.7. The highest BCUT2D eigenvalue weighted by Gasteiger charge is 2.13. The third-order valence-electron chi connectivity index (χ3n) is 3.54. The first-order valence-electron chi connectivity index (χ1n) is 7.33. The Balaban J connectivity index is 1.58. The lowest BCUT2D eigenvalue weighted by Gasteiger charge is -2.05. The summed E-state index contributed by atoms with van der Waals surface area (Å²) in [7, 11) is 1.33. The summed E-state index contributed by atoms with van der Waals surface area (Å²) in [6.45, 7) is 0.121. The Morgan fingerprint density at radius 1 is 1.08 bits per heavy atom. The van der Waals surface area contributed by atoms with Crippen molar-refractivity contribution in [2.45, 2.75) is 13.0 Å². The highest BCUT2D eigenvalue weighted by Crippen LogP contribution is 2.18. The smallest absolute Gasteiger partial charge is 0.337 e. The average molecular weight is 325 g/mol. The van der Waals surface area contributed by atoms with Crippen LogP contribution in [0, 0.1) is 0 Å². The van der Waals surface area contributed by atoms with Gasteiger partial charge in [-0.05, 0) is 29.8 Å². The zero-order valence-corrected chi connectivity index (χ0v) is 13.0. The lowest BCUT2D eigenvalue weighted by atomic mass is 10.1. The van der Waals surface area contributed by atoms with E-state index in [1.54, 1.807) is 30.3 Å². The number of fused-ring (bicyclic) bond motifs is 1. The van der Waals surface area contributed by atoms with Crippen LogP contribution in [0.4, 0.5) is 0 Å². The Bertz CT molecular complexity index is 867. The zero-order valence-electron chi connectivity index (χ0n) is 13.0. The SMILES string of the molecule is COC(=O)c1ccc(COC(=O)Cc2noc3ccccc23)cc1. The van der Waals surface area contributed by atoms with Crippen molar-refractivity contribution < 1.29 is 23.6 Å². The number of hydrogen-bond donors (Lipinski definition) is 0. The van der Waals surface area contributed by atoms with Crippen molar-refractivity contribution >= 4 is 22.9 Å². The Morgan fingerprint density at radius 3 is 2.58 bits per heavy atom. The first-order valence-corrected chi connectivity index (χ1v) is 7.33. The van der Waals surface area contributed by atoms with Crippen LogP contribution in [0.25, 0.3) is 11.0 Å². The van der Waals surface area contributed by atoms with Crippen LogP contribution < -0.4 is 0 Å². The molecule has 6 nitrogen and oxygen atoms in total. The molecule has 0 atom stereocenters. The largest absolute Gasteiger partial charge is 0.465 e. The van der Waals surface area contributed by atoms with Gasteiger partial charge >= 0.3 is 11.9 Å². The molecule has 0 unspecified atom stereocenters. The van der Waals surface area contributed by atoms with Gasteiger partial charge in [-0.3, -0.25) is 4.79 Å². The molecule has 0 saturated carbocycles. The maximum absolute atomic E-state index is 12.0. The Morgan fingerprint density at radius 2 is 1.83 bits per heavy atom. The molecule has 0 aliphatic carbocycles. The third kappa shape index (κ3) is 3.43. The molecule has 0 radical (unpaired) electrons. The van der Waals surface area contributed by atoms with Crippen LogP contribution in [0.2, 0.25) is 0 Å². The molecule has 122 valence electrons. The predicted molar refractivity (Wildman–Crippen MR) is 85.3 cm³/mol. The van der Waals surface area contributed by atoms with E-state index in [0.29, 0.717) is 16.8 Å². The maximum atomic E-state index is 12.0. The van der Waals surface area contributed by atoms with E-state index in [2.05, 4.69) is 9.89 Å². The fourth-order valence-corrected chi connectivity index (χ4v) is 2.27. The molecule has 6 heteroatoms. The summed E-state index contributed by atoms with van der Waals surface area (Å²) in [5.74, 6) is -0.803. The van der Waals surface area contributed by atoms with Gasteiger partial charge in [-0.15, -0.1) is 0 Å². The van der Waals surface area contributed by atoms with Crippen molar-refractivity contribution in [3.05, 3.63) is 65.4 Å². The van der Waals surface area contributed by atoms with Gasteiger partial charge in [0, 0.05) is 5.39 Å². The molecule has 0 aliphatic rings. The van der Waals surface area contributed by atoms with Crippen molar-refractivity contribution in [3.8, 4) is 0 Å². The number of carbonyl (C=O) groups is 2. The van der Waals surface area contributed by atoms with Crippen molar-refractivity contribution in [2.24, 2.45) is 0 Å². The molecule has 0 amide bonds. The van der Waals surface area contributed by atoms with Crippen LogP contribution >= 0.6 is 0 Å². The molecular formula is C18H15NO5. The molecule has 24 heavy (non-hydrogen) atoms. The average Bonchev–Trinajstić information content (AvgIpc) is 3.03. The summed E-state index contributed by atoms with van der Waals surface area (Å²) in [6, 6.07) is 14.0. The van der Waals surface area contributed by atoms with E-state index in [-0.39, 0.29) is 13.0 Å². The van der Waals surface area contributed by atoms with E-state index in [4.69, 9.17) is 9.26 Å². The molecular weight excluding hydrogens is 310 g/mol. The molecule has 1 aromatic heterocycles. The summed E-state index contributed by atoms with van der Waals surface area (Å²) >= 11 is 0. The lowest BCUT2D eigenvalue weighted by Crippen LogP contribution is -2.08. The Kier molecular flexibility index (Phi) is 4.56. The van der Waals surface area contributed by atoms with E-state index in [1.165, 1.54) is 7.11 Å². The van der Waals surface area contributed by atoms with Crippen molar-refractivity contribution in [1.82, 2.24) is 5.16 Å². The Hall–Kier alpha value is -3.15. The standard InChI is InChI=1S/C18H15NO5/c1-22-18(21)13-8-6-12(7-9-13)11-23-17(20)10-15-14-4-2-3-5-16(14)24-19-15/h2-9H,10-11H2,1H3. The number of nitrogens with zero attached hydrogens (tertiary/aromatic N) is 1. The fraction of sp³-hybridized carbons (Fsp3) is 0.167. The van der Waals surface area contributed by atoms with Gasteiger partial charge in [-0.2, -0.15) is 0 Å². The lowest BCUT2D eigenvalue weighted by molar-refractivity contribution is -0.144. The van der Waals surface area contributed by atoms with Gasteiger partial charge in [0.05, 0.1) is 19.1 Å². The maximum Gasteiger partial charge on any atom is 0.337 e. The van der Waals surface area contributed by atoms with E-state index in [1.807, 2.05) is 18.2 Å². The highest BCUT2D eigenvalue weighted by atomic mass is 16.5. The minimum absolute atomic E-state index is 0.0389. The second-order valence-electron chi connectivity index (χ2n) is 5.15. The molecule has 2 aromatic carbocycles. The van der Waals surface area contributed by atoms with Gasteiger partial charge in [0.1, 0.15) is 12.3 Å². The molecule has 3 rings (SSSR count). The summed E-state index contributed by atoms with van der Waals surface area (Å²) in [6.07, 6.45) is 0.0389. The number of benzene rings is 2. The molecule has 0 aliphatic heterocycles. The highest BCUT2D eigenvalue weighted by molar-refractivity contribution is 5.89. The van der Waals surface area contributed by atoms with E-state index in [0.717, 1.165) is 10.9 Å². The van der Waals surface area contributed by atoms with Gasteiger partial charge in [0.15, 0.2) is 5.58 Å².